The smallest absolute Gasteiger partial charge is 0.164 e. The normalized spacial score (nSPS) is 11.9. The second-order valence-electron chi connectivity index (χ2n) is 12.8. The second kappa shape index (κ2) is 10.7. The Labute approximate surface area is 290 Å². The van der Waals surface area contributed by atoms with Crippen LogP contribution >= 0.6 is 0 Å². The van der Waals surface area contributed by atoms with E-state index in [4.69, 9.17) is 23.8 Å². The average molecular weight is 655 g/mol. The molecule has 0 aliphatic rings. The first kappa shape index (κ1) is 27.9. The molecule has 0 spiro atoms. The number of furan rings is 2. The molecule has 0 saturated heterocycles. The molecule has 4 heterocycles. The Kier molecular flexibility index (Phi) is 5.86. The Balaban J connectivity index is 1.23. The van der Waals surface area contributed by atoms with Crippen molar-refractivity contribution in [3.8, 4) is 39.9 Å². The van der Waals surface area contributed by atoms with E-state index in [-0.39, 0.29) is 0 Å². The first-order valence-electron chi connectivity index (χ1n) is 16.9. The van der Waals surface area contributed by atoms with Crippen LogP contribution in [0.3, 0.4) is 0 Å². The summed E-state index contributed by atoms with van der Waals surface area (Å²) in [6, 6.07) is 53.8. The summed E-state index contributed by atoms with van der Waals surface area (Å²) in [5, 5.41) is 6.23. The van der Waals surface area contributed by atoms with E-state index in [0.29, 0.717) is 17.5 Å². The van der Waals surface area contributed by atoms with Gasteiger partial charge in [-0.05, 0) is 60.7 Å². The molecule has 0 atom stereocenters. The summed E-state index contributed by atoms with van der Waals surface area (Å²) in [6.45, 7) is 0. The van der Waals surface area contributed by atoms with Gasteiger partial charge in [0.15, 0.2) is 17.5 Å². The molecule has 11 aromatic rings. The maximum Gasteiger partial charge on any atom is 0.164 e. The van der Waals surface area contributed by atoms with Gasteiger partial charge in [-0.25, -0.2) is 15.0 Å². The number of para-hydroxylation sites is 2. The van der Waals surface area contributed by atoms with Gasteiger partial charge in [-0.15, -0.1) is 0 Å². The highest BCUT2D eigenvalue weighted by Crippen LogP contribution is 2.44. The van der Waals surface area contributed by atoms with E-state index in [1.807, 2.05) is 84.9 Å². The molecule has 0 amide bonds. The van der Waals surface area contributed by atoms with E-state index < -0.39 is 0 Å². The van der Waals surface area contributed by atoms with Gasteiger partial charge in [0.05, 0.1) is 21.8 Å². The van der Waals surface area contributed by atoms with Gasteiger partial charge < -0.3 is 13.4 Å². The molecule has 0 saturated carbocycles. The fourth-order valence-electron chi connectivity index (χ4n) is 7.54. The first-order valence-corrected chi connectivity index (χ1v) is 16.9. The summed E-state index contributed by atoms with van der Waals surface area (Å²) in [5.74, 6) is 1.86. The Morgan fingerprint density at radius 2 is 0.941 bits per heavy atom. The molecule has 11 rings (SSSR count). The third-order valence-electron chi connectivity index (χ3n) is 9.85. The van der Waals surface area contributed by atoms with Gasteiger partial charge in [0.25, 0.3) is 0 Å². The quantitative estimate of drug-likeness (QED) is 0.189. The Morgan fingerprint density at radius 1 is 0.373 bits per heavy atom. The van der Waals surface area contributed by atoms with E-state index in [1.165, 1.54) is 0 Å². The third kappa shape index (κ3) is 4.20. The molecular weight excluding hydrogens is 629 g/mol. The Hall–Kier alpha value is -7.05. The first-order chi connectivity index (χ1) is 25.3. The number of benzene rings is 7. The molecule has 7 aromatic carbocycles. The standard InChI is InChI=1S/C45H26N4O2/c1-4-12-27(13-5-1)43-46-44(28-14-6-2-7-15-28)48-45(47-43)29-20-23-35-34(26-29)39-36(49(35)30-16-8-3-9-17-30)24-21-31-32-22-25-38-40(42(32)51-41(31)39)33-18-10-11-19-37(33)50-38/h1-26H. The molecule has 238 valence electrons. The minimum Gasteiger partial charge on any atom is -0.456 e. The average Bonchev–Trinajstić information content (AvgIpc) is 3.88. The minimum absolute atomic E-state index is 0.605. The van der Waals surface area contributed by atoms with Crippen LogP contribution in [0.1, 0.15) is 0 Å². The fourth-order valence-corrected chi connectivity index (χ4v) is 7.54. The number of hydrogen-bond donors (Lipinski definition) is 0. The number of hydrogen-bond acceptors (Lipinski definition) is 5. The van der Waals surface area contributed by atoms with Crippen molar-refractivity contribution in [2.45, 2.75) is 0 Å². The van der Waals surface area contributed by atoms with Crippen LogP contribution in [0, 0.1) is 0 Å². The van der Waals surface area contributed by atoms with Crippen molar-refractivity contribution in [2.75, 3.05) is 0 Å². The van der Waals surface area contributed by atoms with Crippen LogP contribution < -0.4 is 0 Å². The number of rotatable bonds is 4. The molecule has 0 radical (unpaired) electrons. The predicted molar refractivity (Wildman–Crippen MR) is 205 cm³/mol. The summed E-state index contributed by atoms with van der Waals surface area (Å²) < 4.78 is 15.5. The predicted octanol–water partition coefficient (Wildman–Crippen LogP) is 11.8. The molecule has 6 heteroatoms. The zero-order chi connectivity index (χ0) is 33.5. The number of aromatic nitrogens is 4. The lowest BCUT2D eigenvalue weighted by atomic mass is 10.0. The van der Waals surface area contributed by atoms with Crippen molar-refractivity contribution >= 4 is 65.7 Å². The maximum absolute atomic E-state index is 6.99. The Morgan fingerprint density at radius 3 is 1.65 bits per heavy atom. The molecule has 0 bridgehead atoms. The van der Waals surface area contributed by atoms with Crippen molar-refractivity contribution < 1.29 is 8.83 Å². The zero-order valence-electron chi connectivity index (χ0n) is 27.1. The van der Waals surface area contributed by atoms with Crippen molar-refractivity contribution in [3.63, 3.8) is 0 Å². The minimum atomic E-state index is 0.605. The van der Waals surface area contributed by atoms with E-state index >= 15 is 0 Å². The van der Waals surface area contributed by atoms with E-state index in [1.54, 1.807) is 0 Å². The topological polar surface area (TPSA) is 69.9 Å². The molecule has 4 aromatic heterocycles. The molecule has 0 aliphatic carbocycles. The SMILES string of the molecule is c1ccc(-c2nc(-c3ccccc3)nc(-c3ccc4c(c3)c3c5oc6c(ccc7oc8ccccc8c76)c5ccc3n4-c3ccccc3)n2)cc1. The number of fused-ring (bicyclic) bond motifs is 11. The molecule has 0 aliphatic heterocycles. The largest absolute Gasteiger partial charge is 0.456 e. The van der Waals surface area contributed by atoms with Crippen LogP contribution in [0.25, 0.3) is 106 Å². The van der Waals surface area contributed by atoms with E-state index in [9.17, 15) is 0 Å². The van der Waals surface area contributed by atoms with Crippen LogP contribution in [0.2, 0.25) is 0 Å². The molecular formula is C45H26N4O2. The van der Waals surface area contributed by atoms with Crippen molar-refractivity contribution in [3.05, 3.63) is 158 Å². The zero-order valence-corrected chi connectivity index (χ0v) is 27.1. The van der Waals surface area contributed by atoms with Gasteiger partial charge in [0, 0.05) is 43.9 Å². The molecule has 0 N–H and O–H groups in total. The fraction of sp³-hybridized carbons (Fsp3) is 0. The van der Waals surface area contributed by atoms with Crippen molar-refractivity contribution in [1.82, 2.24) is 19.5 Å². The summed E-state index contributed by atoms with van der Waals surface area (Å²) >= 11 is 0. The molecule has 51 heavy (non-hydrogen) atoms. The van der Waals surface area contributed by atoms with Crippen LogP contribution in [-0.4, -0.2) is 19.5 Å². The van der Waals surface area contributed by atoms with Crippen LogP contribution in [0.5, 0.6) is 0 Å². The van der Waals surface area contributed by atoms with Crippen LogP contribution in [0.4, 0.5) is 0 Å². The summed E-state index contributed by atoms with van der Waals surface area (Å²) in [4.78, 5) is 15.0. The highest BCUT2D eigenvalue weighted by Gasteiger charge is 2.22. The second-order valence-corrected chi connectivity index (χ2v) is 12.8. The van der Waals surface area contributed by atoms with Gasteiger partial charge in [-0.3, -0.25) is 0 Å². The molecule has 0 fully saturated rings. The van der Waals surface area contributed by atoms with Crippen molar-refractivity contribution in [1.29, 1.82) is 0 Å². The van der Waals surface area contributed by atoms with Gasteiger partial charge >= 0.3 is 0 Å². The highest BCUT2D eigenvalue weighted by atomic mass is 16.3. The highest BCUT2D eigenvalue weighted by molar-refractivity contribution is 6.28. The van der Waals surface area contributed by atoms with Crippen LogP contribution in [-0.2, 0) is 0 Å². The van der Waals surface area contributed by atoms with E-state index in [2.05, 4.69) is 77.4 Å². The molecule has 0 unspecified atom stereocenters. The van der Waals surface area contributed by atoms with E-state index in [0.717, 1.165) is 88.1 Å². The third-order valence-corrected chi connectivity index (χ3v) is 9.85. The lowest BCUT2D eigenvalue weighted by molar-refractivity contribution is 0.664. The summed E-state index contributed by atoms with van der Waals surface area (Å²) in [6.07, 6.45) is 0. The number of nitrogens with zero attached hydrogens (tertiary/aromatic N) is 4. The molecule has 6 nitrogen and oxygen atoms in total. The lowest BCUT2D eigenvalue weighted by Gasteiger charge is -2.09. The van der Waals surface area contributed by atoms with Gasteiger partial charge in [0.2, 0.25) is 0 Å². The summed E-state index contributed by atoms with van der Waals surface area (Å²) in [7, 11) is 0. The van der Waals surface area contributed by atoms with Gasteiger partial charge in [-0.1, -0.05) is 97.1 Å². The lowest BCUT2D eigenvalue weighted by Crippen LogP contribution is -2.00. The van der Waals surface area contributed by atoms with Crippen LogP contribution in [0.15, 0.2) is 167 Å². The van der Waals surface area contributed by atoms with Gasteiger partial charge in [0.1, 0.15) is 22.3 Å². The Bertz CT molecular complexity index is 3070. The van der Waals surface area contributed by atoms with Gasteiger partial charge in [-0.2, -0.15) is 0 Å². The summed E-state index contributed by atoms with van der Waals surface area (Å²) in [5.41, 5.74) is 9.27. The monoisotopic (exact) mass is 654 g/mol. The van der Waals surface area contributed by atoms with Crippen molar-refractivity contribution in [2.24, 2.45) is 0 Å². The maximum atomic E-state index is 6.99.